The van der Waals surface area contributed by atoms with Crippen LogP contribution in [0.15, 0.2) is 18.5 Å². The molecule has 6 heteroatoms. The quantitative estimate of drug-likeness (QED) is 0.847. The molecule has 0 fully saturated rings. The summed E-state index contributed by atoms with van der Waals surface area (Å²) in [4.78, 5) is 27.7. The SMILES string of the molecule is COc1cnccc1C(=O)N[C@@H](C)C(=O)OC(C)(C)C. The molecule has 6 nitrogen and oxygen atoms in total. The first kappa shape index (κ1) is 15.9. The third-order valence-corrected chi connectivity index (χ3v) is 2.36. The maximum absolute atomic E-state index is 12.1. The third kappa shape index (κ3) is 4.53. The minimum Gasteiger partial charge on any atom is -0.494 e. The van der Waals surface area contributed by atoms with Crippen LogP contribution in [0.5, 0.6) is 5.75 Å². The van der Waals surface area contributed by atoms with Gasteiger partial charge in [0.1, 0.15) is 17.4 Å². The Hall–Kier alpha value is -2.11. The first-order chi connectivity index (χ1) is 9.24. The average Bonchev–Trinajstić information content (AvgIpc) is 2.36. The van der Waals surface area contributed by atoms with Gasteiger partial charge in [0, 0.05) is 6.20 Å². The van der Waals surface area contributed by atoms with E-state index < -0.39 is 23.5 Å². The number of amides is 1. The van der Waals surface area contributed by atoms with Gasteiger partial charge in [-0.2, -0.15) is 0 Å². The van der Waals surface area contributed by atoms with Crippen LogP contribution >= 0.6 is 0 Å². The Morgan fingerprint density at radius 3 is 2.55 bits per heavy atom. The number of ether oxygens (including phenoxy) is 2. The van der Waals surface area contributed by atoms with E-state index in [2.05, 4.69) is 10.3 Å². The summed E-state index contributed by atoms with van der Waals surface area (Å²) in [5.41, 5.74) is -0.275. The summed E-state index contributed by atoms with van der Waals surface area (Å²) in [6.07, 6.45) is 2.92. The molecule has 0 aromatic carbocycles. The van der Waals surface area contributed by atoms with Gasteiger partial charge in [-0.15, -0.1) is 0 Å². The van der Waals surface area contributed by atoms with E-state index in [1.807, 2.05) is 0 Å². The molecule has 0 radical (unpaired) electrons. The minimum atomic E-state index is -0.750. The fourth-order valence-electron chi connectivity index (χ4n) is 1.45. The molecule has 0 aliphatic rings. The van der Waals surface area contributed by atoms with Gasteiger partial charge in [0.25, 0.3) is 5.91 Å². The maximum atomic E-state index is 12.1. The summed E-state index contributed by atoms with van der Waals surface area (Å²) in [7, 11) is 1.45. The topological polar surface area (TPSA) is 77.5 Å². The summed E-state index contributed by atoms with van der Waals surface area (Å²) in [6, 6.07) is 0.773. The molecule has 1 aromatic rings. The van der Waals surface area contributed by atoms with Crippen LogP contribution in [-0.4, -0.2) is 35.6 Å². The number of esters is 1. The molecule has 1 heterocycles. The van der Waals surface area contributed by atoms with E-state index in [9.17, 15) is 9.59 Å². The van der Waals surface area contributed by atoms with Crippen LogP contribution in [0.1, 0.15) is 38.1 Å². The second kappa shape index (κ2) is 6.36. The van der Waals surface area contributed by atoms with Crippen molar-refractivity contribution < 1.29 is 19.1 Å². The van der Waals surface area contributed by atoms with Crippen LogP contribution in [0.2, 0.25) is 0 Å². The van der Waals surface area contributed by atoms with Crippen molar-refractivity contribution in [1.82, 2.24) is 10.3 Å². The van der Waals surface area contributed by atoms with Crippen molar-refractivity contribution >= 4 is 11.9 Å². The van der Waals surface area contributed by atoms with Gasteiger partial charge in [-0.25, -0.2) is 4.79 Å². The second-order valence-electron chi connectivity index (χ2n) is 5.30. The zero-order chi connectivity index (χ0) is 15.3. The number of hydrogen-bond acceptors (Lipinski definition) is 5. The molecule has 0 saturated heterocycles. The highest BCUT2D eigenvalue weighted by Crippen LogP contribution is 2.15. The maximum Gasteiger partial charge on any atom is 0.328 e. The molecule has 0 bridgehead atoms. The molecule has 0 unspecified atom stereocenters. The van der Waals surface area contributed by atoms with Crippen molar-refractivity contribution in [3.05, 3.63) is 24.0 Å². The van der Waals surface area contributed by atoms with Crippen molar-refractivity contribution in [2.24, 2.45) is 0 Å². The van der Waals surface area contributed by atoms with Gasteiger partial charge in [0.05, 0.1) is 18.9 Å². The highest BCUT2D eigenvalue weighted by atomic mass is 16.6. The lowest BCUT2D eigenvalue weighted by molar-refractivity contribution is -0.156. The van der Waals surface area contributed by atoms with Gasteiger partial charge >= 0.3 is 5.97 Å². The molecule has 0 aliphatic heterocycles. The third-order valence-electron chi connectivity index (χ3n) is 2.36. The Labute approximate surface area is 118 Å². The first-order valence-corrected chi connectivity index (χ1v) is 6.26. The van der Waals surface area contributed by atoms with E-state index in [-0.39, 0.29) is 0 Å². The highest BCUT2D eigenvalue weighted by molar-refractivity contribution is 5.98. The van der Waals surface area contributed by atoms with Crippen LogP contribution in [0, 0.1) is 0 Å². The van der Waals surface area contributed by atoms with Crippen LogP contribution in [-0.2, 0) is 9.53 Å². The predicted octanol–water partition coefficient (Wildman–Crippen LogP) is 1.55. The number of nitrogens with one attached hydrogen (secondary N) is 1. The molecule has 0 saturated carbocycles. The van der Waals surface area contributed by atoms with E-state index in [4.69, 9.17) is 9.47 Å². The second-order valence-corrected chi connectivity index (χ2v) is 5.30. The zero-order valence-corrected chi connectivity index (χ0v) is 12.4. The number of carbonyl (C=O) groups is 2. The normalized spacial score (nSPS) is 12.4. The van der Waals surface area contributed by atoms with Crippen molar-refractivity contribution in [3.8, 4) is 5.75 Å². The molecule has 110 valence electrons. The van der Waals surface area contributed by atoms with Gasteiger partial charge in [-0.05, 0) is 33.8 Å². The van der Waals surface area contributed by atoms with Gasteiger partial charge in [-0.3, -0.25) is 9.78 Å². The fraction of sp³-hybridized carbons (Fsp3) is 0.500. The number of rotatable bonds is 4. The van der Waals surface area contributed by atoms with Crippen molar-refractivity contribution in [1.29, 1.82) is 0 Å². The van der Waals surface area contributed by atoms with E-state index in [0.717, 1.165) is 0 Å². The molecule has 1 aromatic heterocycles. The molecule has 1 N–H and O–H groups in total. The Balaban J connectivity index is 2.73. The van der Waals surface area contributed by atoms with Gasteiger partial charge < -0.3 is 14.8 Å². The van der Waals surface area contributed by atoms with Crippen molar-refractivity contribution in [2.75, 3.05) is 7.11 Å². The van der Waals surface area contributed by atoms with Gasteiger partial charge in [-0.1, -0.05) is 0 Å². The zero-order valence-electron chi connectivity index (χ0n) is 12.4. The van der Waals surface area contributed by atoms with Crippen LogP contribution < -0.4 is 10.1 Å². The summed E-state index contributed by atoms with van der Waals surface area (Å²) in [6.45, 7) is 6.88. The molecule has 0 aliphatic carbocycles. The fourth-order valence-corrected chi connectivity index (χ4v) is 1.45. The Bertz CT molecular complexity index is 494. The highest BCUT2D eigenvalue weighted by Gasteiger charge is 2.24. The van der Waals surface area contributed by atoms with E-state index in [0.29, 0.717) is 11.3 Å². The number of carbonyl (C=O) groups excluding carboxylic acids is 2. The Kier molecular flexibility index (Phi) is 5.07. The molecular weight excluding hydrogens is 260 g/mol. The monoisotopic (exact) mass is 280 g/mol. The summed E-state index contributed by atoms with van der Waals surface area (Å²) in [5, 5.41) is 2.57. The lowest BCUT2D eigenvalue weighted by atomic mass is 10.2. The van der Waals surface area contributed by atoms with E-state index in [1.165, 1.54) is 25.6 Å². The summed E-state index contributed by atoms with van der Waals surface area (Å²) >= 11 is 0. The number of hydrogen-bond donors (Lipinski definition) is 1. The molecular formula is C14H20N2O4. The molecule has 20 heavy (non-hydrogen) atoms. The minimum absolute atomic E-state index is 0.318. The predicted molar refractivity (Wildman–Crippen MR) is 73.6 cm³/mol. The van der Waals surface area contributed by atoms with Crippen LogP contribution in [0.25, 0.3) is 0 Å². The molecule has 1 amide bonds. The largest absolute Gasteiger partial charge is 0.494 e. The van der Waals surface area contributed by atoms with Crippen LogP contribution in [0.4, 0.5) is 0 Å². The van der Waals surface area contributed by atoms with Gasteiger partial charge in [0.15, 0.2) is 0 Å². The van der Waals surface area contributed by atoms with Crippen molar-refractivity contribution in [2.45, 2.75) is 39.3 Å². The lowest BCUT2D eigenvalue weighted by Crippen LogP contribution is -2.42. The molecule has 1 atom stereocenters. The molecule has 0 spiro atoms. The van der Waals surface area contributed by atoms with Crippen molar-refractivity contribution in [3.63, 3.8) is 0 Å². The van der Waals surface area contributed by atoms with E-state index >= 15 is 0 Å². The number of nitrogens with zero attached hydrogens (tertiary/aromatic N) is 1. The number of pyridine rings is 1. The number of aromatic nitrogens is 1. The number of methoxy groups -OCH3 is 1. The Morgan fingerprint density at radius 1 is 1.35 bits per heavy atom. The Morgan fingerprint density at radius 2 is 2.00 bits per heavy atom. The summed E-state index contributed by atoms with van der Waals surface area (Å²) < 4.78 is 10.2. The molecule has 1 rings (SSSR count). The first-order valence-electron chi connectivity index (χ1n) is 6.26. The standard InChI is InChI=1S/C14H20N2O4/c1-9(13(18)20-14(2,3)4)16-12(17)10-6-7-15-8-11(10)19-5/h6-9H,1-5H3,(H,16,17)/t9-/m0/s1. The smallest absolute Gasteiger partial charge is 0.328 e. The lowest BCUT2D eigenvalue weighted by Gasteiger charge is -2.22. The van der Waals surface area contributed by atoms with E-state index in [1.54, 1.807) is 27.7 Å². The van der Waals surface area contributed by atoms with Crippen LogP contribution in [0.3, 0.4) is 0 Å². The summed E-state index contributed by atoms with van der Waals surface area (Å²) in [5.74, 6) is -0.553. The van der Waals surface area contributed by atoms with Gasteiger partial charge in [0.2, 0.25) is 0 Å². The average molecular weight is 280 g/mol.